The van der Waals surface area contributed by atoms with Crippen molar-refractivity contribution in [2.24, 2.45) is 0 Å². The average Bonchev–Trinajstić information content (AvgIpc) is 3.26. The molecule has 0 atom stereocenters. The van der Waals surface area contributed by atoms with Crippen molar-refractivity contribution < 1.29 is 0 Å². The van der Waals surface area contributed by atoms with Crippen LogP contribution in [-0.4, -0.2) is 27.1 Å². The highest BCUT2D eigenvalue weighted by molar-refractivity contribution is 7.99. The fourth-order valence-electron chi connectivity index (χ4n) is 2.80. The van der Waals surface area contributed by atoms with Gasteiger partial charge in [-0.3, -0.25) is 4.79 Å². The molecular formula is C14H21N3OS. The first kappa shape index (κ1) is 13.0. The lowest BCUT2D eigenvalue weighted by Gasteiger charge is -2.28. The second kappa shape index (κ2) is 5.57. The Balaban J connectivity index is 1.67. The Labute approximate surface area is 118 Å². The molecule has 0 aromatic carbocycles. The average molecular weight is 279 g/mol. The van der Waals surface area contributed by atoms with Crippen LogP contribution in [0.4, 0.5) is 5.82 Å². The minimum absolute atomic E-state index is 0.0528. The minimum atomic E-state index is 0.0528. The molecule has 4 nitrogen and oxygen atoms in total. The van der Waals surface area contributed by atoms with Crippen LogP contribution in [0.15, 0.2) is 17.2 Å². The van der Waals surface area contributed by atoms with E-state index in [4.69, 9.17) is 0 Å². The molecule has 1 aromatic heterocycles. The Morgan fingerprint density at radius 2 is 2.00 bits per heavy atom. The van der Waals surface area contributed by atoms with E-state index in [1.165, 1.54) is 12.8 Å². The van der Waals surface area contributed by atoms with Gasteiger partial charge in [-0.2, -0.15) is 11.8 Å². The molecule has 2 saturated carbocycles. The van der Waals surface area contributed by atoms with Crippen molar-refractivity contribution in [3.8, 4) is 0 Å². The SMILES string of the molecule is CSC1CCC(Nc2nccn(C3CC3)c2=O)CC1. The molecule has 3 rings (SSSR count). The highest BCUT2D eigenvalue weighted by Crippen LogP contribution is 2.33. The largest absolute Gasteiger partial charge is 0.363 e. The van der Waals surface area contributed by atoms with Crippen LogP contribution in [0.25, 0.3) is 0 Å². The summed E-state index contributed by atoms with van der Waals surface area (Å²) >= 11 is 1.96. The van der Waals surface area contributed by atoms with Gasteiger partial charge in [-0.05, 0) is 44.8 Å². The van der Waals surface area contributed by atoms with Crippen LogP contribution in [0.1, 0.15) is 44.6 Å². The molecule has 5 heteroatoms. The van der Waals surface area contributed by atoms with Gasteiger partial charge in [0.1, 0.15) is 0 Å². The van der Waals surface area contributed by atoms with Crippen LogP contribution in [-0.2, 0) is 0 Å². The number of aromatic nitrogens is 2. The molecule has 1 aromatic rings. The van der Waals surface area contributed by atoms with Crippen LogP contribution in [0.3, 0.4) is 0 Å². The van der Waals surface area contributed by atoms with Gasteiger partial charge in [0, 0.05) is 29.7 Å². The predicted molar refractivity (Wildman–Crippen MR) is 79.9 cm³/mol. The van der Waals surface area contributed by atoms with Gasteiger partial charge in [0.2, 0.25) is 0 Å². The van der Waals surface area contributed by atoms with Crippen molar-refractivity contribution >= 4 is 17.6 Å². The number of anilines is 1. The third kappa shape index (κ3) is 2.96. The molecule has 1 N–H and O–H groups in total. The van der Waals surface area contributed by atoms with Crippen LogP contribution in [0, 0.1) is 0 Å². The summed E-state index contributed by atoms with van der Waals surface area (Å²) in [5, 5.41) is 4.16. The fourth-order valence-corrected chi connectivity index (χ4v) is 3.54. The van der Waals surface area contributed by atoms with E-state index in [0.717, 1.165) is 30.9 Å². The van der Waals surface area contributed by atoms with Gasteiger partial charge in [-0.15, -0.1) is 0 Å². The molecule has 0 radical (unpaired) electrons. The van der Waals surface area contributed by atoms with E-state index < -0.39 is 0 Å². The molecule has 104 valence electrons. The fraction of sp³-hybridized carbons (Fsp3) is 0.714. The lowest BCUT2D eigenvalue weighted by molar-refractivity contribution is 0.471. The van der Waals surface area contributed by atoms with E-state index in [-0.39, 0.29) is 5.56 Å². The highest BCUT2D eigenvalue weighted by atomic mass is 32.2. The standard InChI is InChI=1S/C14H21N3OS/c1-19-12-6-2-10(3-7-12)16-13-14(18)17(9-8-15-13)11-4-5-11/h8-12H,2-7H2,1H3,(H,15,16). The Morgan fingerprint density at radius 3 is 2.63 bits per heavy atom. The zero-order valence-electron chi connectivity index (χ0n) is 11.3. The lowest BCUT2D eigenvalue weighted by Crippen LogP contribution is -2.32. The van der Waals surface area contributed by atoms with Gasteiger partial charge in [0.25, 0.3) is 5.56 Å². The highest BCUT2D eigenvalue weighted by Gasteiger charge is 2.26. The van der Waals surface area contributed by atoms with Gasteiger partial charge in [-0.25, -0.2) is 4.98 Å². The van der Waals surface area contributed by atoms with Gasteiger partial charge < -0.3 is 9.88 Å². The summed E-state index contributed by atoms with van der Waals surface area (Å²) in [7, 11) is 0. The number of nitrogens with one attached hydrogen (secondary N) is 1. The maximum atomic E-state index is 12.3. The summed E-state index contributed by atoms with van der Waals surface area (Å²) in [6, 6.07) is 0.835. The number of hydrogen-bond donors (Lipinski definition) is 1. The predicted octanol–water partition coefficient (Wildman–Crippen LogP) is 2.66. The van der Waals surface area contributed by atoms with Crippen LogP contribution < -0.4 is 10.9 Å². The molecule has 0 amide bonds. The van der Waals surface area contributed by atoms with Crippen LogP contribution in [0.2, 0.25) is 0 Å². The van der Waals surface area contributed by atoms with Crippen molar-refractivity contribution in [3.63, 3.8) is 0 Å². The number of hydrogen-bond acceptors (Lipinski definition) is 4. The summed E-state index contributed by atoms with van der Waals surface area (Å²) in [5.74, 6) is 0.544. The van der Waals surface area contributed by atoms with Crippen LogP contribution in [0.5, 0.6) is 0 Å². The zero-order valence-corrected chi connectivity index (χ0v) is 12.2. The molecule has 0 bridgehead atoms. The summed E-state index contributed by atoms with van der Waals surface area (Å²) in [4.78, 5) is 16.5. The Bertz CT molecular complexity index is 490. The number of nitrogens with zero attached hydrogens (tertiary/aromatic N) is 2. The maximum Gasteiger partial charge on any atom is 0.293 e. The monoisotopic (exact) mass is 279 g/mol. The Kier molecular flexibility index (Phi) is 3.82. The summed E-state index contributed by atoms with van der Waals surface area (Å²) < 4.78 is 1.84. The number of thioether (sulfide) groups is 1. The molecule has 2 aliphatic carbocycles. The molecule has 0 saturated heterocycles. The van der Waals surface area contributed by atoms with Gasteiger partial charge in [-0.1, -0.05) is 0 Å². The second-order valence-electron chi connectivity index (χ2n) is 5.57. The summed E-state index contributed by atoms with van der Waals surface area (Å²) in [6.45, 7) is 0. The van der Waals surface area contributed by atoms with Crippen molar-refractivity contribution in [1.29, 1.82) is 0 Å². The topological polar surface area (TPSA) is 46.9 Å². The molecule has 0 unspecified atom stereocenters. The minimum Gasteiger partial charge on any atom is -0.363 e. The third-order valence-corrected chi connectivity index (χ3v) is 5.29. The second-order valence-corrected chi connectivity index (χ2v) is 6.71. The lowest BCUT2D eigenvalue weighted by atomic mass is 9.95. The van der Waals surface area contributed by atoms with Crippen molar-refractivity contribution in [2.45, 2.75) is 55.9 Å². The molecule has 19 heavy (non-hydrogen) atoms. The Hall–Kier alpha value is -0.970. The van der Waals surface area contributed by atoms with E-state index >= 15 is 0 Å². The smallest absolute Gasteiger partial charge is 0.293 e. The van der Waals surface area contributed by atoms with Crippen molar-refractivity contribution in [1.82, 2.24) is 9.55 Å². The number of rotatable bonds is 4. The molecule has 2 aliphatic rings. The Morgan fingerprint density at radius 1 is 1.26 bits per heavy atom. The molecule has 2 fully saturated rings. The maximum absolute atomic E-state index is 12.3. The van der Waals surface area contributed by atoms with E-state index in [2.05, 4.69) is 16.6 Å². The van der Waals surface area contributed by atoms with Gasteiger partial charge in [0.05, 0.1) is 0 Å². The molecule has 0 aliphatic heterocycles. The van der Waals surface area contributed by atoms with E-state index in [0.29, 0.717) is 17.9 Å². The third-order valence-electron chi connectivity index (χ3n) is 4.16. The van der Waals surface area contributed by atoms with Crippen LogP contribution >= 0.6 is 11.8 Å². The van der Waals surface area contributed by atoms with Crippen molar-refractivity contribution in [2.75, 3.05) is 11.6 Å². The van der Waals surface area contributed by atoms with E-state index in [9.17, 15) is 4.79 Å². The molecular weight excluding hydrogens is 258 g/mol. The van der Waals surface area contributed by atoms with Gasteiger partial charge >= 0.3 is 0 Å². The van der Waals surface area contributed by atoms with E-state index in [1.54, 1.807) is 6.20 Å². The van der Waals surface area contributed by atoms with Crippen molar-refractivity contribution in [3.05, 3.63) is 22.7 Å². The van der Waals surface area contributed by atoms with E-state index in [1.807, 2.05) is 22.5 Å². The van der Waals surface area contributed by atoms with Gasteiger partial charge in [0.15, 0.2) is 5.82 Å². The molecule has 0 spiro atoms. The normalized spacial score (nSPS) is 27.2. The summed E-state index contributed by atoms with van der Waals surface area (Å²) in [5.41, 5.74) is 0.0528. The molecule has 1 heterocycles. The quantitative estimate of drug-likeness (QED) is 0.920. The first-order chi connectivity index (χ1) is 9.28. The first-order valence-electron chi connectivity index (χ1n) is 7.14. The summed E-state index contributed by atoms with van der Waals surface area (Å²) in [6.07, 6.45) is 12.8. The first-order valence-corrected chi connectivity index (χ1v) is 8.43. The zero-order chi connectivity index (χ0) is 13.2.